The lowest BCUT2D eigenvalue weighted by Crippen LogP contribution is -2.16. The third-order valence-corrected chi connectivity index (χ3v) is 3.02. The first kappa shape index (κ1) is 14.6. The number of ether oxygens (including phenoxy) is 1. The van der Waals surface area contributed by atoms with Gasteiger partial charge in [-0.1, -0.05) is 17.7 Å². The quantitative estimate of drug-likeness (QED) is 0.727. The Labute approximate surface area is 119 Å². The van der Waals surface area contributed by atoms with E-state index in [-0.39, 0.29) is 0 Å². The van der Waals surface area contributed by atoms with E-state index in [0.29, 0.717) is 25.5 Å². The van der Waals surface area contributed by atoms with Crippen molar-refractivity contribution in [1.29, 1.82) is 0 Å². The van der Waals surface area contributed by atoms with Gasteiger partial charge in [0.1, 0.15) is 18.1 Å². The normalized spacial score (nSPS) is 10.8. The number of rotatable bonds is 8. The Bertz CT molecular complexity index is 508. The smallest absolute Gasteiger partial charge is 0.129 e. The molecular formula is C16H21NO3. The van der Waals surface area contributed by atoms with E-state index >= 15 is 0 Å². The lowest BCUT2D eigenvalue weighted by Gasteiger charge is -2.08. The number of benzene rings is 1. The first-order valence-corrected chi connectivity index (χ1v) is 6.85. The van der Waals surface area contributed by atoms with Crippen molar-refractivity contribution in [3.63, 3.8) is 0 Å². The van der Waals surface area contributed by atoms with Gasteiger partial charge in [-0.15, -0.1) is 0 Å². The Balaban J connectivity index is 1.56. The van der Waals surface area contributed by atoms with Crippen LogP contribution in [0.3, 0.4) is 0 Å². The van der Waals surface area contributed by atoms with Crippen LogP contribution in [0.1, 0.15) is 23.3 Å². The molecule has 2 aromatic rings. The van der Waals surface area contributed by atoms with Crippen molar-refractivity contribution in [3.8, 4) is 5.75 Å². The molecule has 20 heavy (non-hydrogen) atoms. The predicted octanol–water partition coefficient (Wildman–Crippen LogP) is 2.99. The molecule has 0 bridgehead atoms. The second-order valence-corrected chi connectivity index (χ2v) is 4.79. The van der Waals surface area contributed by atoms with E-state index in [1.54, 1.807) is 12.3 Å². The van der Waals surface area contributed by atoms with Gasteiger partial charge in [-0.05, 0) is 38.1 Å². The van der Waals surface area contributed by atoms with Gasteiger partial charge in [0.25, 0.3) is 0 Å². The van der Waals surface area contributed by atoms with Crippen LogP contribution in [-0.4, -0.2) is 18.3 Å². The Kier molecular flexibility index (Phi) is 5.65. The van der Waals surface area contributed by atoms with Crippen molar-refractivity contribution >= 4 is 0 Å². The van der Waals surface area contributed by atoms with Gasteiger partial charge in [0.15, 0.2) is 0 Å². The van der Waals surface area contributed by atoms with E-state index in [2.05, 4.69) is 5.32 Å². The molecule has 0 fully saturated rings. The number of nitrogens with one attached hydrogen (secondary N) is 1. The number of aromatic hydroxyl groups is 1. The number of hydrogen-bond acceptors (Lipinski definition) is 4. The monoisotopic (exact) mass is 275 g/mol. The molecule has 0 unspecified atom stereocenters. The minimum atomic E-state index is 0.345. The fourth-order valence-corrected chi connectivity index (χ4v) is 1.95. The molecule has 0 aliphatic heterocycles. The van der Waals surface area contributed by atoms with Crippen molar-refractivity contribution in [2.24, 2.45) is 0 Å². The van der Waals surface area contributed by atoms with Crippen LogP contribution in [0.15, 0.2) is 41.0 Å². The summed E-state index contributed by atoms with van der Waals surface area (Å²) in [6, 6.07) is 9.39. The maximum absolute atomic E-state index is 9.71. The fourth-order valence-electron chi connectivity index (χ4n) is 1.95. The summed E-state index contributed by atoms with van der Waals surface area (Å²) >= 11 is 0. The van der Waals surface area contributed by atoms with Crippen molar-refractivity contribution in [1.82, 2.24) is 5.32 Å². The van der Waals surface area contributed by atoms with Crippen LogP contribution in [-0.2, 0) is 17.9 Å². The van der Waals surface area contributed by atoms with Crippen LogP contribution in [0, 0.1) is 6.92 Å². The fraction of sp³-hybridized carbons (Fsp3) is 0.375. The number of hydrogen-bond donors (Lipinski definition) is 2. The largest absolute Gasteiger partial charge is 0.508 e. The average molecular weight is 275 g/mol. The van der Waals surface area contributed by atoms with E-state index in [4.69, 9.17) is 9.15 Å². The van der Waals surface area contributed by atoms with Crippen LogP contribution in [0.5, 0.6) is 5.75 Å². The highest BCUT2D eigenvalue weighted by atomic mass is 16.5. The molecule has 0 saturated heterocycles. The molecule has 0 atom stereocenters. The minimum absolute atomic E-state index is 0.345. The molecule has 0 aliphatic carbocycles. The first-order chi connectivity index (χ1) is 9.75. The van der Waals surface area contributed by atoms with Crippen molar-refractivity contribution in [2.45, 2.75) is 26.5 Å². The number of phenolic OH excluding ortho intramolecular Hbond substituents is 1. The van der Waals surface area contributed by atoms with Gasteiger partial charge >= 0.3 is 0 Å². The minimum Gasteiger partial charge on any atom is -0.508 e. The molecule has 0 radical (unpaired) electrons. The van der Waals surface area contributed by atoms with Gasteiger partial charge in [-0.2, -0.15) is 0 Å². The summed E-state index contributed by atoms with van der Waals surface area (Å²) in [6.07, 6.45) is 2.57. The molecule has 108 valence electrons. The van der Waals surface area contributed by atoms with Crippen LogP contribution in [0.25, 0.3) is 0 Å². The van der Waals surface area contributed by atoms with E-state index in [1.165, 1.54) is 0 Å². The molecular weight excluding hydrogens is 254 g/mol. The molecule has 0 aliphatic rings. The maximum Gasteiger partial charge on any atom is 0.129 e. The molecule has 0 spiro atoms. The summed E-state index contributed by atoms with van der Waals surface area (Å²) in [6.45, 7) is 4.75. The molecule has 1 heterocycles. The molecule has 1 aromatic heterocycles. The number of phenols is 1. The Hall–Kier alpha value is -1.78. The van der Waals surface area contributed by atoms with Crippen molar-refractivity contribution in [3.05, 3.63) is 53.5 Å². The van der Waals surface area contributed by atoms with Crippen LogP contribution < -0.4 is 5.32 Å². The lowest BCUT2D eigenvalue weighted by atomic mass is 10.1. The zero-order valence-electron chi connectivity index (χ0n) is 11.8. The second-order valence-electron chi connectivity index (χ2n) is 4.79. The van der Waals surface area contributed by atoms with E-state index < -0.39 is 0 Å². The summed E-state index contributed by atoms with van der Waals surface area (Å²) in [5.41, 5.74) is 2.09. The number of aryl methyl sites for hydroxylation is 1. The third-order valence-electron chi connectivity index (χ3n) is 3.02. The Morgan fingerprint density at radius 3 is 3.00 bits per heavy atom. The summed E-state index contributed by atoms with van der Waals surface area (Å²) in [4.78, 5) is 0. The van der Waals surface area contributed by atoms with Crippen molar-refractivity contribution in [2.75, 3.05) is 13.2 Å². The van der Waals surface area contributed by atoms with Gasteiger partial charge in [-0.3, -0.25) is 0 Å². The Morgan fingerprint density at radius 2 is 2.20 bits per heavy atom. The molecule has 0 amide bonds. The predicted molar refractivity (Wildman–Crippen MR) is 77.5 cm³/mol. The van der Waals surface area contributed by atoms with E-state index in [0.717, 1.165) is 29.9 Å². The van der Waals surface area contributed by atoms with Crippen molar-refractivity contribution < 1.29 is 14.3 Å². The van der Waals surface area contributed by atoms with Crippen LogP contribution in [0.2, 0.25) is 0 Å². The van der Waals surface area contributed by atoms with Crippen LogP contribution >= 0.6 is 0 Å². The highest BCUT2D eigenvalue weighted by Gasteiger charge is 2.00. The summed E-state index contributed by atoms with van der Waals surface area (Å²) in [5, 5.41) is 13.0. The molecule has 0 saturated carbocycles. The SMILES string of the molecule is Cc1ccc(O)c(CNCCCOCc2ccco2)c1. The first-order valence-electron chi connectivity index (χ1n) is 6.85. The van der Waals surface area contributed by atoms with Gasteiger partial charge < -0.3 is 19.6 Å². The van der Waals surface area contributed by atoms with E-state index in [1.807, 2.05) is 31.2 Å². The van der Waals surface area contributed by atoms with Gasteiger partial charge in [0.2, 0.25) is 0 Å². The van der Waals surface area contributed by atoms with Gasteiger partial charge in [0.05, 0.1) is 6.26 Å². The van der Waals surface area contributed by atoms with Gasteiger partial charge in [-0.25, -0.2) is 0 Å². The summed E-state index contributed by atoms with van der Waals surface area (Å²) < 4.78 is 10.7. The maximum atomic E-state index is 9.71. The molecule has 4 nitrogen and oxygen atoms in total. The molecule has 1 aromatic carbocycles. The molecule has 2 rings (SSSR count). The number of furan rings is 1. The highest BCUT2D eigenvalue weighted by Crippen LogP contribution is 2.17. The molecule has 4 heteroatoms. The average Bonchev–Trinajstić information content (AvgIpc) is 2.94. The van der Waals surface area contributed by atoms with Crippen LogP contribution in [0.4, 0.5) is 0 Å². The zero-order valence-corrected chi connectivity index (χ0v) is 11.8. The summed E-state index contributed by atoms with van der Waals surface area (Å²) in [7, 11) is 0. The van der Waals surface area contributed by atoms with E-state index in [9.17, 15) is 5.11 Å². The van der Waals surface area contributed by atoms with Gasteiger partial charge in [0, 0.05) is 18.7 Å². The zero-order chi connectivity index (χ0) is 14.2. The molecule has 2 N–H and O–H groups in total. The standard InChI is InChI=1S/C16H21NO3/c1-13-5-6-16(18)14(10-13)11-17-7-3-8-19-12-15-4-2-9-20-15/h2,4-6,9-10,17-18H,3,7-8,11-12H2,1H3. The lowest BCUT2D eigenvalue weighted by molar-refractivity contribution is 0.104. The topological polar surface area (TPSA) is 54.6 Å². The highest BCUT2D eigenvalue weighted by molar-refractivity contribution is 5.35. The second kappa shape index (κ2) is 7.72. The summed E-state index contributed by atoms with van der Waals surface area (Å²) in [5.74, 6) is 1.19. The third kappa shape index (κ3) is 4.72. The Morgan fingerprint density at radius 1 is 1.30 bits per heavy atom.